The van der Waals surface area contributed by atoms with Gasteiger partial charge in [-0.3, -0.25) is 0 Å². The Kier molecular flexibility index (Phi) is 5.28. The smallest absolute Gasteiger partial charge is 0.131 e. The molecule has 130 valence electrons. The number of halogens is 2. The maximum absolute atomic E-state index is 14.6. The third-order valence-corrected chi connectivity index (χ3v) is 4.10. The highest BCUT2D eigenvalue weighted by molar-refractivity contribution is 5.46. The number of hydrogen-bond acceptors (Lipinski definition) is 2. The molecule has 0 saturated heterocycles. The van der Waals surface area contributed by atoms with Gasteiger partial charge in [0.15, 0.2) is 0 Å². The quantitative estimate of drug-likeness (QED) is 0.625. The summed E-state index contributed by atoms with van der Waals surface area (Å²) in [5.74, 6) is -0.708. The third kappa shape index (κ3) is 4.07. The van der Waals surface area contributed by atoms with Crippen molar-refractivity contribution in [3.8, 4) is 11.8 Å². The van der Waals surface area contributed by atoms with Gasteiger partial charge in [-0.25, -0.2) is 8.78 Å². The zero-order chi connectivity index (χ0) is 18.5. The van der Waals surface area contributed by atoms with E-state index in [9.17, 15) is 8.78 Å². The summed E-state index contributed by atoms with van der Waals surface area (Å²) in [5, 5.41) is 9.09. The second-order valence-corrected chi connectivity index (χ2v) is 6.09. The highest BCUT2D eigenvalue weighted by Gasteiger charge is 2.15. The molecule has 0 atom stereocenters. The molecule has 3 aromatic carbocycles. The monoisotopic (exact) mass is 349 g/mol. The highest BCUT2D eigenvalue weighted by Crippen LogP contribution is 2.28. The van der Waals surface area contributed by atoms with Gasteiger partial charge in [-0.2, -0.15) is 5.26 Å². The van der Waals surface area contributed by atoms with Crippen molar-refractivity contribution in [1.82, 2.24) is 0 Å². The molecule has 4 heteroatoms. The van der Waals surface area contributed by atoms with Crippen molar-refractivity contribution in [3.05, 3.63) is 100 Å². The maximum Gasteiger partial charge on any atom is 0.131 e. The van der Waals surface area contributed by atoms with Gasteiger partial charge in [-0.15, -0.1) is 0 Å². The van der Waals surface area contributed by atoms with E-state index in [0.29, 0.717) is 5.56 Å². The largest absolute Gasteiger partial charge is 0.488 e. The fourth-order valence-electron chi connectivity index (χ4n) is 2.70. The molecular weight excluding hydrogens is 332 g/mol. The SMILES string of the molecule is Cc1ccc(Cc2c(F)cc(C#N)cc2OCc2ccccc2)c(F)c1. The summed E-state index contributed by atoms with van der Waals surface area (Å²) in [5.41, 5.74) is 2.50. The van der Waals surface area contributed by atoms with Crippen LogP contribution in [0.2, 0.25) is 0 Å². The zero-order valence-corrected chi connectivity index (χ0v) is 14.3. The average Bonchev–Trinajstić information content (AvgIpc) is 2.64. The molecule has 0 aliphatic heterocycles. The van der Waals surface area contributed by atoms with E-state index in [-0.39, 0.29) is 35.7 Å². The molecule has 0 spiro atoms. The van der Waals surface area contributed by atoms with Gasteiger partial charge in [0, 0.05) is 12.0 Å². The predicted molar refractivity (Wildman–Crippen MR) is 95.8 cm³/mol. The lowest BCUT2D eigenvalue weighted by atomic mass is 10.0. The first kappa shape index (κ1) is 17.6. The summed E-state index contributed by atoms with van der Waals surface area (Å²) >= 11 is 0. The molecule has 0 aromatic heterocycles. The molecular formula is C22H17F2NO. The third-order valence-electron chi connectivity index (χ3n) is 4.10. The molecule has 0 N–H and O–H groups in total. The van der Waals surface area contributed by atoms with Crippen LogP contribution in [0, 0.1) is 29.9 Å². The normalized spacial score (nSPS) is 10.4. The van der Waals surface area contributed by atoms with Crippen molar-refractivity contribution < 1.29 is 13.5 Å². The summed E-state index contributed by atoms with van der Waals surface area (Å²) < 4.78 is 34.5. The Morgan fingerprint density at radius 2 is 1.73 bits per heavy atom. The molecule has 0 aliphatic rings. The Balaban J connectivity index is 1.93. The number of rotatable bonds is 5. The molecule has 0 amide bonds. The van der Waals surface area contributed by atoms with E-state index in [1.807, 2.05) is 36.4 Å². The first-order chi connectivity index (χ1) is 12.6. The van der Waals surface area contributed by atoms with E-state index < -0.39 is 5.82 Å². The minimum absolute atomic E-state index is 0.0494. The fraction of sp³-hybridized carbons (Fsp3) is 0.136. The van der Waals surface area contributed by atoms with E-state index in [4.69, 9.17) is 10.00 Å². The highest BCUT2D eigenvalue weighted by atomic mass is 19.1. The molecule has 0 radical (unpaired) electrons. The van der Waals surface area contributed by atoms with Gasteiger partial charge in [-0.05, 0) is 41.8 Å². The molecule has 0 fully saturated rings. The number of nitriles is 1. The van der Waals surface area contributed by atoms with Crippen molar-refractivity contribution in [3.63, 3.8) is 0 Å². The summed E-state index contributed by atoms with van der Waals surface area (Å²) in [6.07, 6.45) is 0.0494. The minimum Gasteiger partial charge on any atom is -0.488 e. The van der Waals surface area contributed by atoms with Crippen LogP contribution >= 0.6 is 0 Å². The lowest BCUT2D eigenvalue weighted by Gasteiger charge is -2.14. The first-order valence-corrected chi connectivity index (χ1v) is 8.21. The van der Waals surface area contributed by atoms with Crippen LogP contribution in [-0.2, 0) is 13.0 Å². The van der Waals surface area contributed by atoms with Crippen molar-refractivity contribution in [1.29, 1.82) is 5.26 Å². The Morgan fingerprint density at radius 3 is 2.42 bits per heavy atom. The van der Waals surface area contributed by atoms with Crippen molar-refractivity contribution >= 4 is 0 Å². The van der Waals surface area contributed by atoms with Crippen LogP contribution < -0.4 is 4.74 Å². The number of hydrogen-bond donors (Lipinski definition) is 0. The molecule has 3 rings (SSSR count). The lowest BCUT2D eigenvalue weighted by molar-refractivity contribution is 0.301. The van der Waals surface area contributed by atoms with Gasteiger partial charge >= 0.3 is 0 Å². The Labute approximate surface area is 151 Å². The maximum atomic E-state index is 14.6. The Bertz CT molecular complexity index is 962. The van der Waals surface area contributed by atoms with Crippen molar-refractivity contribution in [2.24, 2.45) is 0 Å². The average molecular weight is 349 g/mol. The molecule has 2 nitrogen and oxygen atoms in total. The molecule has 3 aromatic rings. The van der Waals surface area contributed by atoms with E-state index in [1.54, 1.807) is 19.1 Å². The van der Waals surface area contributed by atoms with Gasteiger partial charge in [0.05, 0.1) is 11.6 Å². The molecule has 0 bridgehead atoms. The number of benzene rings is 3. The summed E-state index contributed by atoms with van der Waals surface area (Å²) in [6.45, 7) is 2.03. The van der Waals surface area contributed by atoms with Gasteiger partial charge < -0.3 is 4.74 Å². The van der Waals surface area contributed by atoms with Crippen LogP contribution in [0.25, 0.3) is 0 Å². The molecule has 0 saturated carbocycles. The molecule has 0 heterocycles. The predicted octanol–water partition coefficient (Wildman–Crippen LogP) is 5.31. The number of ether oxygens (including phenoxy) is 1. The summed E-state index contributed by atoms with van der Waals surface area (Å²) in [6, 6.07) is 18.9. The van der Waals surface area contributed by atoms with Crippen LogP contribution in [0.3, 0.4) is 0 Å². The van der Waals surface area contributed by atoms with Crippen LogP contribution in [-0.4, -0.2) is 0 Å². The van der Waals surface area contributed by atoms with Crippen LogP contribution in [0.1, 0.15) is 27.8 Å². The number of aryl methyl sites for hydroxylation is 1. The second-order valence-electron chi connectivity index (χ2n) is 6.09. The lowest BCUT2D eigenvalue weighted by Crippen LogP contribution is -2.04. The van der Waals surface area contributed by atoms with Gasteiger partial charge in [0.25, 0.3) is 0 Å². The second kappa shape index (κ2) is 7.79. The van der Waals surface area contributed by atoms with E-state index in [0.717, 1.165) is 17.2 Å². The molecule has 0 unspecified atom stereocenters. The van der Waals surface area contributed by atoms with Crippen molar-refractivity contribution in [2.45, 2.75) is 20.0 Å². The topological polar surface area (TPSA) is 33.0 Å². The fourth-order valence-corrected chi connectivity index (χ4v) is 2.70. The van der Waals surface area contributed by atoms with Crippen LogP contribution in [0.4, 0.5) is 8.78 Å². The summed E-state index contributed by atoms with van der Waals surface area (Å²) in [4.78, 5) is 0. The summed E-state index contributed by atoms with van der Waals surface area (Å²) in [7, 11) is 0. The minimum atomic E-state index is -0.577. The van der Waals surface area contributed by atoms with Crippen molar-refractivity contribution in [2.75, 3.05) is 0 Å². The van der Waals surface area contributed by atoms with Gasteiger partial charge in [0.1, 0.15) is 24.0 Å². The standard InChI is InChI=1S/C22H17F2NO/c1-15-7-8-18(20(23)9-15)12-19-21(24)10-17(13-25)11-22(19)26-14-16-5-3-2-4-6-16/h2-11H,12,14H2,1H3. The number of nitrogens with zero attached hydrogens (tertiary/aromatic N) is 1. The Morgan fingerprint density at radius 1 is 0.962 bits per heavy atom. The Hall–Kier alpha value is -3.19. The van der Waals surface area contributed by atoms with Crippen LogP contribution in [0.15, 0.2) is 60.7 Å². The van der Waals surface area contributed by atoms with Gasteiger partial charge in [-0.1, -0.05) is 42.5 Å². The molecule has 0 aliphatic carbocycles. The van der Waals surface area contributed by atoms with Gasteiger partial charge in [0.2, 0.25) is 0 Å². The van der Waals surface area contributed by atoms with E-state index in [2.05, 4.69) is 0 Å². The van der Waals surface area contributed by atoms with E-state index >= 15 is 0 Å². The molecule has 26 heavy (non-hydrogen) atoms. The van der Waals surface area contributed by atoms with E-state index in [1.165, 1.54) is 12.1 Å². The zero-order valence-electron chi connectivity index (χ0n) is 14.3. The first-order valence-electron chi connectivity index (χ1n) is 8.21. The van der Waals surface area contributed by atoms with Crippen LogP contribution in [0.5, 0.6) is 5.75 Å².